The van der Waals surface area contributed by atoms with Crippen LogP contribution >= 0.6 is 15.9 Å². The van der Waals surface area contributed by atoms with E-state index < -0.39 is 6.10 Å². The molecule has 0 fully saturated rings. The van der Waals surface area contributed by atoms with Crippen LogP contribution in [-0.4, -0.2) is 12.0 Å². The number of aryl methyl sites for hydroxylation is 2. The zero-order valence-corrected chi connectivity index (χ0v) is 14.6. The summed E-state index contributed by atoms with van der Waals surface area (Å²) in [6.45, 7) is 5.96. The molecule has 1 atom stereocenters. The number of hydrogen-bond acceptors (Lipinski definition) is 2. The Bertz CT molecular complexity index is 670. The minimum Gasteiger partial charge on any atom is -0.480 e. The van der Waals surface area contributed by atoms with Crippen LogP contribution in [0.2, 0.25) is 0 Å². The van der Waals surface area contributed by atoms with Crippen molar-refractivity contribution >= 4 is 27.5 Å². The second-order valence-corrected chi connectivity index (χ2v) is 6.11. The molecule has 2 aromatic carbocycles. The second-order valence-electron chi connectivity index (χ2n) is 5.25. The van der Waals surface area contributed by atoms with Crippen LogP contribution in [0.25, 0.3) is 0 Å². The predicted octanol–water partition coefficient (Wildman–Crippen LogP) is 4.86. The SMILES string of the molecule is CC[C@H](Oc1ccc(C)cc1C)C(=O)Nc1ccccc1Br. The maximum Gasteiger partial charge on any atom is 0.265 e. The summed E-state index contributed by atoms with van der Waals surface area (Å²) in [6.07, 6.45) is 0.0809. The van der Waals surface area contributed by atoms with E-state index in [1.165, 1.54) is 5.56 Å². The first-order valence-corrected chi connectivity index (χ1v) is 8.10. The summed E-state index contributed by atoms with van der Waals surface area (Å²) in [6, 6.07) is 13.5. The number of carbonyl (C=O) groups is 1. The minimum atomic E-state index is -0.520. The fraction of sp³-hybridized carbons (Fsp3) is 0.278. The van der Waals surface area contributed by atoms with Gasteiger partial charge in [0.2, 0.25) is 0 Å². The number of nitrogens with one attached hydrogen (secondary N) is 1. The fourth-order valence-electron chi connectivity index (χ4n) is 2.18. The highest BCUT2D eigenvalue weighted by molar-refractivity contribution is 9.10. The molecule has 0 spiro atoms. The summed E-state index contributed by atoms with van der Waals surface area (Å²) < 4.78 is 6.75. The number of ether oxygens (including phenoxy) is 1. The minimum absolute atomic E-state index is 0.144. The summed E-state index contributed by atoms with van der Waals surface area (Å²) in [5.74, 6) is 0.606. The zero-order valence-electron chi connectivity index (χ0n) is 13.0. The van der Waals surface area contributed by atoms with E-state index >= 15 is 0 Å². The van der Waals surface area contributed by atoms with Crippen molar-refractivity contribution in [1.29, 1.82) is 0 Å². The molecule has 4 heteroatoms. The largest absolute Gasteiger partial charge is 0.480 e. The molecule has 3 nitrogen and oxygen atoms in total. The van der Waals surface area contributed by atoms with Gasteiger partial charge in [-0.15, -0.1) is 0 Å². The van der Waals surface area contributed by atoms with Crippen molar-refractivity contribution in [1.82, 2.24) is 0 Å². The average molecular weight is 362 g/mol. The molecule has 0 aliphatic rings. The lowest BCUT2D eigenvalue weighted by molar-refractivity contribution is -0.122. The van der Waals surface area contributed by atoms with Gasteiger partial charge in [-0.3, -0.25) is 4.79 Å². The topological polar surface area (TPSA) is 38.3 Å². The molecule has 0 aliphatic carbocycles. The Kier molecular flexibility index (Phi) is 5.61. The summed E-state index contributed by atoms with van der Waals surface area (Å²) in [5, 5.41) is 2.90. The summed E-state index contributed by atoms with van der Waals surface area (Å²) >= 11 is 3.43. The highest BCUT2D eigenvalue weighted by Gasteiger charge is 2.20. The van der Waals surface area contributed by atoms with Crippen molar-refractivity contribution in [2.75, 3.05) is 5.32 Å². The molecule has 0 aliphatic heterocycles. The van der Waals surface area contributed by atoms with Gasteiger partial charge >= 0.3 is 0 Å². The van der Waals surface area contributed by atoms with Gasteiger partial charge < -0.3 is 10.1 Å². The number of para-hydroxylation sites is 1. The van der Waals surface area contributed by atoms with Crippen molar-refractivity contribution in [3.8, 4) is 5.75 Å². The lowest BCUT2D eigenvalue weighted by atomic mass is 10.1. The van der Waals surface area contributed by atoms with Gasteiger partial charge in [0.1, 0.15) is 5.75 Å². The maximum absolute atomic E-state index is 12.4. The van der Waals surface area contributed by atoms with E-state index in [0.717, 1.165) is 21.5 Å². The van der Waals surface area contributed by atoms with E-state index in [0.29, 0.717) is 6.42 Å². The van der Waals surface area contributed by atoms with Crippen LogP contribution in [0.1, 0.15) is 24.5 Å². The molecule has 0 aromatic heterocycles. The van der Waals surface area contributed by atoms with Crippen molar-refractivity contribution in [2.24, 2.45) is 0 Å². The van der Waals surface area contributed by atoms with Crippen LogP contribution in [0.5, 0.6) is 5.75 Å². The predicted molar refractivity (Wildman–Crippen MR) is 93.4 cm³/mol. The summed E-state index contributed by atoms with van der Waals surface area (Å²) in [7, 11) is 0. The number of carbonyl (C=O) groups excluding carboxylic acids is 1. The van der Waals surface area contributed by atoms with Gasteiger partial charge in [0.25, 0.3) is 5.91 Å². The van der Waals surface area contributed by atoms with Gasteiger partial charge in [0, 0.05) is 4.47 Å². The van der Waals surface area contributed by atoms with Gasteiger partial charge in [0.15, 0.2) is 6.10 Å². The number of benzene rings is 2. The van der Waals surface area contributed by atoms with Crippen molar-refractivity contribution in [3.05, 3.63) is 58.1 Å². The maximum atomic E-state index is 12.4. The molecule has 0 radical (unpaired) electrons. The van der Waals surface area contributed by atoms with E-state index in [-0.39, 0.29) is 5.91 Å². The normalized spacial score (nSPS) is 11.8. The van der Waals surface area contributed by atoms with Crippen LogP contribution in [0.15, 0.2) is 46.9 Å². The molecule has 0 bridgehead atoms. The average Bonchev–Trinajstić information content (AvgIpc) is 2.49. The molecule has 0 saturated heterocycles. The standard InChI is InChI=1S/C18H20BrNO2/c1-4-16(22-17-10-9-12(2)11-13(17)3)18(21)20-15-8-6-5-7-14(15)19/h5-11,16H,4H2,1-3H3,(H,20,21)/t16-/m0/s1. The fourth-order valence-corrected chi connectivity index (χ4v) is 2.57. The quantitative estimate of drug-likeness (QED) is 0.825. The van der Waals surface area contributed by atoms with Crippen LogP contribution in [0, 0.1) is 13.8 Å². The number of rotatable bonds is 5. The number of amides is 1. The summed E-state index contributed by atoms with van der Waals surface area (Å²) in [5.41, 5.74) is 2.96. The summed E-state index contributed by atoms with van der Waals surface area (Å²) in [4.78, 5) is 12.4. The Morgan fingerprint density at radius 2 is 1.95 bits per heavy atom. The Hall–Kier alpha value is -1.81. The Morgan fingerprint density at radius 3 is 2.59 bits per heavy atom. The first-order valence-electron chi connectivity index (χ1n) is 7.30. The van der Waals surface area contributed by atoms with E-state index in [4.69, 9.17) is 4.74 Å². The van der Waals surface area contributed by atoms with Crippen molar-refractivity contribution < 1.29 is 9.53 Å². The highest BCUT2D eigenvalue weighted by Crippen LogP contribution is 2.24. The molecule has 1 N–H and O–H groups in total. The zero-order chi connectivity index (χ0) is 16.1. The first kappa shape index (κ1) is 16.6. The van der Waals surface area contributed by atoms with Gasteiger partial charge in [-0.05, 0) is 60.0 Å². The van der Waals surface area contributed by atoms with Gasteiger partial charge in [0.05, 0.1) is 5.69 Å². The third kappa shape index (κ3) is 4.10. The van der Waals surface area contributed by atoms with E-state index in [9.17, 15) is 4.79 Å². The lowest BCUT2D eigenvalue weighted by Crippen LogP contribution is -2.32. The Labute approximate surface area is 139 Å². The first-order chi connectivity index (χ1) is 10.5. The van der Waals surface area contributed by atoms with Gasteiger partial charge in [-0.2, -0.15) is 0 Å². The van der Waals surface area contributed by atoms with Crippen molar-refractivity contribution in [3.63, 3.8) is 0 Å². The Morgan fingerprint density at radius 1 is 1.23 bits per heavy atom. The molecule has 22 heavy (non-hydrogen) atoms. The second kappa shape index (κ2) is 7.45. The van der Waals surface area contributed by atoms with E-state index in [1.54, 1.807) is 0 Å². The smallest absolute Gasteiger partial charge is 0.265 e. The van der Waals surface area contributed by atoms with Gasteiger partial charge in [-0.1, -0.05) is 36.8 Å². The molecule has 0 unspecified atom stereocenters. The van der Waals surface area contributed by atoms with Crippen LogP contribution < -0.4 is 10.1 Å². The Balaban J connectivity index is 2.11. The van der Waals surface area contributed by atoms with Crippen LogP contribution in [0.3, 0.4) is 0 Å². The molecule has 2 rings (SSSR count). The number of hydrogen-bond donors (Lipinski definition) is 1. The van der Waals surface area contributed by atoms with Crippen LogP contribution in [0.4, 0.5) is 5.69 Å². The molecule has 0 saturated carbocycles. The lowest BCUT2D eigenvalue weighted by Gasteiger charge is -2.19. The third-order valence-corrected chi connectivity index (χ3v) is 4.09. The van der Waals surface area contributed by atoms with Gasteiger partial charge in [-0.25, -0.2) is 0 Å². The monoisotopic (exact) mass is 361 g/mol. The number of anilines is 1. The molecular weight excluding hydrogens is 342 g/mol. The third-order valence-electron chi connectivity index (χ3n) is 3.39. The van der Waals surface area contributed by atoms with E-state index in [1.807, 2.05) is 63.2 Å². The molecule has 116 valence electrons. The van der Waals surface area contributed by atoms with E-state index in [2.05, 4.69) is 21.2 Å². The number of halogens is 1. The molecule has 2 aromatic rings. The highest BCUT2D eigenvalue weighted by atomic mass is 79.9. The molecular formula is C18H20BrNO2. The molecule has 1 amide bonds. The molecule has 0 heterocycles. The van der Waals surface area contributed by atoms with Crippen molar-refractivity contribution in [2.45, 2.75) is 33.3 Å². The van der Waals surface area contributed by atoms with Crippen LogP contribution in [-0.2, 0) is 4.79 Å².